The lowest BCUT2D eigenvalue weighted by Gasteiger charge is -2.34. The van der Waals surface area contributed by atoms with Crippen LogP contribution in [0.2, 0.25) is 0 Å². The van der Waals surface area contributed by atoms with Crippen LogP contribution in [0.1, 0.15) is 43.0 Å². The van der Waals surface area contributed by atoms with Gasteiger partial charge in [0, 0.05) is 31.1 Å². The van der Waals surface area contributed by atoms with Crippen LogP contribution in [0.25, 0.3) is 0 Å². The lowest BCUT2D eigenvalue weighted by atomic mass is 9.88. The van der Waals surface area contributed by atoms with Gasteiger partial charge >= 0.3 is 0 Å². The van der Waals surface area contributed by atoms with Crippen molar-refractivity contribution in [3.63, 3.8) is 0 Å². The zero-order valence-corrected chi connectivity index (χ0v) is 11.6. The number of nitrogens with zero attached hydrogens (tertiary/aromatic N) is 1. The van der Waals surface area contributed by atoms with E-state index < -0.39 is 5.60 Å². The summed E-state index contributed by atoms with van der Waals surface area (Å²) < 4.78 is 19.5. The van der Waals surface area contributed by atoms with Crippen molar-refractivity contribution in [3.8, 4) is 5.75 Å². The molecule has 1 saturated carbocycles. The molecule has 2 atom stereocenters. The van der Waals surface area contributed by atoms with Crippen LogP contribution in [-0.4, -0.2) is 34.9 Å². The largest absolute Gasteiger partial charge is 0.485 e. The Morgan fingerprint density at radius 2 is 2.20 bits per heavy atom. The topological polar surface area (TPSA) is 29.5 Å². The summed E-state index contributed by atoms with van der Waals surface area (Å²) in [6, 6.07) is 5.31. The molecule has 3 nitrogen and oxygen atoms in total. The molecule has 3 aliphatic rings. The Balaban J connectivity index is 1.67. The summed E-state index contributed by atoms with van der Waals surface area (Å²) in [6.45, 7) is 2.99. The fourth-order valence-electron chi connectivity index (χ4n) is 3.77. The third-order valence-electron chi connectivity index (χ3n) is 4.77. The van der Waals surface area contributed by atoms with Gasteiger partial charge in [-0.05, 0) is 31.9 Å². The number of hydrogen-bond acceptors (Lipinski definition) is 3. The number of Topliss-reactive ketones (excluding diaryl/α,β-unsaturated/α-hetero) is 1. The van der Waals surface area contributed by atoms with Gasteiger partial charge < -0.3 is 4.74 Å². The fourth-order valence-corrected chi connectivity index (χ4v) is 3.77. The molecule has 1 aromatic carbocycles. The molecule has 106 valence electrons. The Bertz CT molecular complexity index is 584. The van der Waals surface area contributed by atoms with Crippen molar-refractivity contribution in [1.82, 2.24) is 4.90 Å². The van der Waals surface area contributed by atoms with Crippen molar-refractivity contribution >= 4 is 5.78 Å². The predicted octanol–water partition coefficient (Wildman–Crippen LogP) is 2.79. The van der Waals surface area contributed by atoms with Crippen LogP contribution in [0.4, 0.5) is 4.39 Å². The fraction of sp³-hybridized carbons (Fsp3) is 0.562. The summed E-state index contributed by atoms with van der Waals surface area (Å²) in [5, 5.41) is 0. The quantitative estimate of drug-likeness (QED) is 0.789. The minimum Gasteiger partial charge on any atom is -0.485 e. The number of ether oxygens (including phenoxy) is 1. The molecule has 2 aliphatic heterocycles. The maximum Gasteiger partial charge on any atom is 0.170 e. The highest BCUT2D eigenvalue weighted by Crippen LogP contribution is 2.44. The smallest absolute Gasteiger partial charge is 0.170 e. The summed E-state index contributed by atoms with van der Waals surface area (Å²) in [5.74, 6) is 0.154. The van der Waals surface area contributed by atoms with E-state index in [1.807, 2.05) is 0 Å². The van der Waals surface area contributed by atoms with E-state index in [0.29, 0.717) is 29.8 Å². The first-order chi connectivity index (χ1) is 9.56. The Labute approximate surface area is 117 Å². The van der Waals surface area contributed by atoms with E-state index in [1.165, 1.54) is 31.0 Å². The van der Waals surface area contributed by atoms with Gasteiger partial charge in [0.1, 0.15) is 17.2 Å². The Morgan fingerprint density at radius 1 is 1.40 bits per heavy atom. The second-order valence-electron chi connectivity index (χ2n) is 6.48. The number of halogens is 1. The van der Waals surface area contributed by atoms with Gasteiger partial charge in [-0.3, -0.25) is 9.69 Å². The molecule has 0 radical (unpaired) electrons. The summed E-state index contributed by atoms with van der Waals surface area (Å²) in [7, 11) is 0. The maximum atomic E-state index is 13.4. The Hall–Kier alpha value is -1.42. The second-order valence-corrected chi connectivity index (χ2v) is 6.48. The number of benzene rings is 1. The molecule has 2 unspecified atom stereocenters. The molecule has 0 bridgehead atoms. The number of carbonyl (C=O) groups is 1. The third-order valence-corrected chi connectivity index (χ3v) is 4.77. The van der Waals surface area contributed by atoms with Gasteiger partial charge in [-0.25, -0.2) is 4.39 Å². The Morgan fingerprint density at radius 3 is 2.95 bits per heavy atom. The average Bonchev–Trinajstić information content (AvgIpc) is 3.15. The van der Waals surface area contributed by atoms with Gasteiger partial charge in [0.25, 0.3) is 0 Å². The van der Waals surface area contributed by atoms with E-state index in [1.54, 1.807) is 0 Å². The summed E-state index contributed by atoms with van der Waals surface area (Å²) in [6.07, 6.45) is 3.77. The molecule has 1 aromatic rings. The van der Waals surface area contributed by atoms with Crippen molar-refractivity contribution in [1.29, 1.82) is 0 Å². The molecule has 1 saturated heterocycles. The van der Waals surface area contributed by atoms with Gasteiger partial charge in [0.2, 0.25) is 0 Å². The van der Waals surface area contributed by atoms with E-state index in [-0.39, 0.29) is 11.6 Å². The summed E-state index contributed by atoms with van der Waals surface area (Å²) in [4.78, 5) is 14.8. The summed E-state index contributed by atoms with van der Waals surface area (Å²) >= 11 is 0. The van der Waals surface area contributed by atoms with Crippen LogP contribution in [-0.2, 0) is 0 Å². The van der Waals surface area contributed by atoms with E-state index in [2.05, 4.69) is 11.8 Å². The average molecular weight is 275 g/mol. The zero-order chi connectivity index (χ0) is 13.9. The molecule has 4 rings (SSSR count). The minimum absolute atomic E-state index is 0.0797. The molecular weight excluding hydrogens is 257 g/mol. The van der Waals surface area contributed by atoms with Gasteiger partial charge in [-0.15, -0.1) is 0 Å². The Kier molecular flexibility index (Phi) is 2.49. The molecule has 0 amide bonds. The second kappa shape index (κ2) is 4.04. The lowest BCUT2D eigenvalue weighted by Crippen LogP contribution is -2.44. The number of ketones is 1. The highest BCUT2D eigenvalue weighted by molar-refractivity contribution is 6.00. The normalized spacial score (nSPS) is 33.3. The molecule has 1 spiro atoms. The van der Waals surface area contributed by atoms with Crippen molar-refractivity contribution in [2.24, 2.45) is 0 Å². The van der Waals surface area contributed by atoms with Crippen LogP contribution in [0, 0.1) is 5.82 Å². The van der Waals surface area contributed by atoms with Gasteiger partial charge in [-0.1, -0.05) is 0 Å². The van der Waals surface area contributed by atoms with Crippen molar-refractivity contribution in [3.05, 3.63) is 29.6 Å². The van der Waals surface area contributed by atoms with E-state index >= 15 is 0 Å². The van der Waals surface area contributed by atoms with E-state index in [0.717, 1.165) is 13.0 Å². The van der Waals surface area contributed by atoms with E-state index in [9.17, 15) is 9.18 Å². The van der Waals surface area contributed by atoms with Crippen molar-refractivity contribution in [2.45, 2.75) is 50.3 Å². The van der Waals surface area contributed by atoms with Gasteiger partial charge in [0.15, 0.2) is 5.78 Å². The first-order valence-corrected chi connectivity index (χ1v) is 7.34. The highest BCUT2D eigenvalue weighted by Gasteiger charge is 2.51. The van der Waals surface area contributed by atoms with Crippen LogP contribution in [0.5, 0.6) is 5.75 Å². The van der Waals surface area contributed by atoms with Crippen LogP contribution in [0.3, 0.4) is 0 Å². The first kappa shape index (κ1) is 12.3. The number of hydrogen-bond donors (Lipinski definition) is 0. The molecule has 0 aromatic heterocycles. The number of rotatable bonds is 1. The number of fused-ring (bicyclic) bond motifs is 1. The number of likely N-dealkylation sites (tertiary alicyclic amines) is 1. The predicted molar refractivity (Wildman–Crippen MR) is 72.5 cm³/mol. The molecule has 20 heavy (non-hydrogen) atoms. The lowest BCUT2D eigenvalue weighted by molar-refractivity contribution is 0.0452. The molecular formula is C16H18FNO2. The van der Waals surface area contributed by atoms with E-state index in [4.69, 9.17) is 4.74 Å². The first-order valence-electron chi connectivity index (χ1n) is 7.34. The minimum atomic E-state index is -0.445. The van der Waals surface area contributed by atoms with Crippen LogP contribution >= 0.6 is 0 Å². The molecule has 1 aliphatic carbocycles. The maximum absolute atomic E-state index is 13.4. The molecule has 0 N–H and O–H groups in total. The monoisotopic (exact) mass is 275 g/mol. The van der Waals surface area contributed by atoms with Crippen LogP contribution < -0.4 is 4.74 Å². The van der Waals surface area contributed by atoms with Gasteiger partial charge in [-0.2, -0.15) is 0 Å². The molecule has 2 fully saturated rings. The van der Waals surface area contributed by atoms with Crippen molar-refractivity contribution < 1.29 is 13.9 Å². The van der Waals surface area contributed by atoms with Crippen molar-refractivity contribution in [2.75, 3.05) is 6.54 Å². The van der Waals surface area contributed by atoms with Crippen LogP contribution in [0.15, 0.2) is 18.2 Å². The highest BCUT2D eigenvalue weighted by atomic mass is 19.1. The molecule has 2 heterocycles. The molecule has 4 heteroatoms. The number of carbonyl (C=O) groups excluding carboxylic acids is 1. The third kappa shape index (κ3) is 1.85. The standard InChI is InChI=1S/C16H18FNO2/c1-10-7-16(9-18(10)12-3-4-12)8-14(19)13-5-2-11(17)6-15(13)20-16/h2,5-6,10,12H,3-4,7-9H2,1H3. The zero-order valence-electron chi connectivity index (χ0n) is 11.6. The van der Waals surface area contributed by atoms with Gasteiger partial charge in [0.05, 0.1) is 12.0 Å². The SMILES string of the molecule is CC1CC2(CC(=O)c3ccc(F)cc3O2)CN1C1CC1. The summed E-state index contributed by atoms with van der Waals surface area (Å²) in [5.41, 5.74) is 0.0782.